The van der Waals surface area contributed by atoms with Crippen molar-refractivity contribution in [1.29, 1.82) is 0 Å². The van der Waals surface area contributed by atoms with Crippen LogP contribution in [-0.4, -0.2) is 34.3 Å². The molecule has 94 valence electrons. The summed E-state index contributed by atoms with van der Waals surface area (Å²) in [4.78, 5) is 8.44. The molecule has 1 unspecified atom stereocenters. The molecule has 1 atom stereocenters. The lowest BCUT2D eigenvalue weighted by Gasteiger charge is -2.08. The molecule has 3 rings (SSSR count). The molecule has 2 aromatic rings. The highest BCUT2D eigenvalue weighted by atomic mass is 16.5. The first-order valence-corrected chi connectivity index (χ1v) is 6.14. The number of anilines is 1. The van der Waals surface area contributed by atoms with Gasteiger partial charge in [0, 0.05) is 18.8 Å². The predicted octanol–water partition coefficient (Wildman–Crippen LogP) is 1.30. The van der Waals surface area contributed by atoms with E-state index >= 15 is 0 Å². The fraction of sp³-hybridized carbons (Fsp3) is 0.417. The summed E-state index contributed by atoms with van der Waals surface area (Å²) in [7, 11) is 0. The largest absolute Gasteiger partial charge is 0.336 e. The summed E-state index contributed by atoms with van der Waals surface area (Å²) in [6.45, 7) is 1.90. The fourth-order valence-corrected chi connectivity index (χ4v) is 2.04. The molecule has 2 N–H and O–H groups in total. The minimum Gasteiger partial charge on any atom is -0.336 e. The predicted molar refractivity (Wildman–Crippen MR) is 67.0 cm³/mol. The van der Waals surface area contributed by atoms with Gasteiger partial charge in [-0.2, -0.15) is 4.98 Å². The molecule has 18 heavy (non-hydrogen) atoms. The van der Waals surface area contributed by atoms with Gasteiger partial charge in [-0.1, -0.05) is 11.2 Å². The Morgan fingerprint density at radius 1 is 1.44 bits per heavy atom. The second-order valence-corrected chi connectivity index (χ2v) is 4.31. The molecule has 0 saturated carbocycles. The molecule has 6 heteroatoms. The average molecular weight is 245 g/mol. The third kappa shape index (κ3) is 2.48. The van der Waals surface area contributed by atoms with E-state index in [0.29, 0.717) is 23.6 Å². The molecule has 0 bridgehead atoms. The smallest absolute Gasteiger partial charge is 0.321 e. The standard InChI is InChI=1S/C12H15N5O/c1-2-6-14-10(5-1)11-16-12(18-17-11)15-8-9-4-3-7-13-9/h1-2,5-6,9,13H,3-4,7-8H2,(H,15,16,17). The first-order chi connectivity index (χ1) is 8.92. The van der Waals surface area contributed by atoms with Crippen LogP contribution < -0.4 is 10.6 Å². The molecular formula is C12H15N5O. The lowest BCUT2D eigenvalue weighted by molar-refractivity contribution is 0.429. The molecule has 0 aliphatic carbocycles. The van der Waals surface area contributed by atoms with Crippen molar-refractivity contribution in [2.75, 3.05) is 18.4 Å². The van der Waals surface area contributed by atoms with E-state index in [0.717, 1.165) is 13.1 Å². The number of aromatic nitrogens is 3. The SMILES string of the molecule is c1ccc(-c2noc(NCC3CCCN3)n2)nc1. The Hall–Kier alpha value is -1.95. The summed E-state index contributed by atoms with van der Waals surface area (Å²) in [5, 5.41) is 10.4. The van der Waals surface area contributed by atoms with E-state index < -0.39 is 0 Å². The quantitative estimate of drug-likeness (QED) is 0.845. The van der Waals surface area contributed by atoms with Gasteiger partial charge in [-0.05, 0) is 31.5 Å². The Balaban J connectivity index is 1.63. The zero-order chi connectivity index (χ0) is 12.2. The molecule has 0 amide bonds. The van der Waals surface area contributed by atoms with Crippen molar-refractivity contribution in [3.63, 3.8) is 0 Å². The van der Waals surface area contributed by atoms with Gasteiger partial charge in [-0.3, -0.25) is 4.98 Å². The van der Waals surface area contributed by atoms with Gasteiger partial charge in [0.1, 0.15) is 5.69 Å². The Morgan fingerprint density at radius 3 is 3.22 bits per heavy atom. The normalized spacial score (nSPS) is 19.0. The van der Waals surface area contributed by atoms with Gasteiger partial charge < -0.3 is 15.2 Å². The lowest BCUT2D eigenvalue weighted by Crippen LogP contribution is -2.29. The van der Waals surface area contributed by atoms with Crippen molar-refractivity contribution in [1.82, 2.24) is 20.4 Å². The molecular weight excluding hydrogens is 230 g/mol. The maximum Gasteiger partial charge on any atom is 0.321 e. The van der Waals surface area contributed by atoms with Gasteiger partial charge in [-0.15, -0.1) is 0 Å². The molecule has 6 nitrogen and oxygen atoms in total. The van der Waals surface area contributed by atoms with Crippen LogP contribution in [0.1, 0.15) is 12.8 Å². The monoisotopic (exact) mass is 245 g/mol. The Kier molecular flexibility index (Phi) is 3.18. The van der Waals surface area contributed by atoms with Gasteiger partial charge >= 0.3 is 6.01 Å². The van der Waals surface area contributed by atoms with Crippen molar-refractivity contribution >= 4 is 6.01 Å². The van der Waals surface area contributed by atoms with E-state index in [1.807, 2.05) is 18.2 Å². The van der Waals surface area contributed by atoms with Crippen LogP contribution in [0.5, 0.6) is 0 Å². The molecule has 2 aromatic heterocycles. The summed E-state index contributed by atoms with van der Waals surface area (Å²) >= 11 is 0. The molecule has 0 aromatic carbocycles. The topological polar surface area (TPSA) is 75.9 Å². The molecule has 1 aliphatic heterocycles. The highest BCUT2D eigenvalue weighted by Gasteiger charge is 2.15. The Bertz CT molecular complexity index is 492. The van der Waals surface area contributed by atoms with Crippen molar-refractivity contribution in [3.8, 4) is 11.5 Å². The maximum absolute atomic E-state index is 5.14. The average Bonchev–Trinajstić information content (AvgIpc) is 3.09. The summed E-state index contributed by atoms with van der Waals surface area (Å²) in [5.41, 5.74) is 0.716. The van der Waals surface area contributed by atoms with Gasteiger partial charge in [0.2, 0.25) is 5.82 Å². The van der Waals surface area contributed by atoms with E-state index in [1.54, 1.807) is 6.20 Å². The third-order valence-electron chi connectivity index (χ3n) is 2.98. The molecule has 1 aliphatic rings. The van der Waals surface area contributed by atoms with E-state index in [4.69, 9.17) is 4.52 Å². The van der Waals surface area contributed by atoms with Crippen LogP contribution in [-0.2, 0) is 0 Å². The first-order valence-electron chi connectivity index (χ1n) is 6.14. The second-order valence-electron chi connectivity index (χ2n) is 4.31. The molecule has 3 heterocycles. The second kappa shape index (κ2) is 5.14. The van der Waals surface area contributed by atoms with Crippen LogP contribution in [0.2, 0.25) is 0 Å². The number of nitrogens with one attached hydrogen (secondary N) is 2. The molecule has 0 spiro atoms. The van der Waals surface area contributed by atoms with Gasteiger partial charge in [0.25, 0.3) is 0 Å². The van der Waals surface area contributed by atoms with Crippen molar-refractivity contribution in [2.45, 2.75) is 18.9 Å². The number of pyridine rings is 1. The summed E-state index contributed by atoms with van der Waals surface area (Å²) in [6.07, 6.45) is 4.13. The minimum absolute atomic E-state index is 0.448. The highest BCUT2D eigenvalue weighted by molar-refractivity contribution is 5.49. The lowest BCUT2D eigenvalue weighted by atomic mass is 10.2. The number of nitrogens with zero attached hydrogens (tertiary/aromatic N) is 3. The van der Waals surface area contributed by atoms with E-state index in [9.17, 15) is 0 Å². The summed E-state index contributed by atoms with van der Waals surface area (Å²) < 4.78 is 5.14. The van der Waals surface area contributed by atoms with Crippen molar-refractivity contribution in [2.24, 2.45) is 0 Å². The Labute approximate surface area is 105 Å². The van der Waals surface area contributed by atoms with Crippen LogP contribution in [0, 0.1) is 0 Å². The molecule has 0 radical (unpaired) electrons. The zero-order valence-corrected chi connectivity index (χ0v) is 9.97. The maximum atomic E-state index is 5.14. The van der Waals surface area contributed by atoms with Gasteiger partial charge in [0.05, 0.1) is 0 Å². The van der Waals surface area contributed by atoms with Crippen molar-refractivity contribution in [3.05, 3.63) is 24.4 Å². The zero-order valence-electron chi connectivity index (χ0n) is 9.97. The van der Waals surface area contributed by atoms with Crippen LogP contribution in [0.3, 0.4) is 0 Å². The van der Waals surface area contributed by atoms with Crippen LogP contribution in [0.4, 0.5) is 6.01 Å². The molecule has 1 saturated heterocycles. The summed E-state index contributed by atoms with van der Waals surface area (Å²) in [5.74, 6) is 0.512. The van der Waals surface area contributed by atoms with Crippen LogP contribution >= 0.6 is 0 Å². The van der Waals surface area contributed by atoms with E-state index in [2.05, 4.69) is 25.8 Å². The first kappa shape index (κ1) is 11.2. The van der Waals surface area contributed by atoms with Crippen LogP contribution in [0.15, 0.2) is 28.9 Å². The number of rotatable bonds is 4. The fourth-order valence-electron chi connectivity index (χ4n) is 2.04. The highest BCUT2D eigenvalue weighted by Crippen LogP contribution is 2.14. The van der Waals surface area contributed by atoms with Crippen molar-refractivity contribution < 1.29 is 4.52 Å². The van der Waals surface area contributed by atoms with E-state index in [1.165, 1.54) is 12.8 Å². The van der Waals surface area contributed by atoms with Crippen LogP contribution in [0.25, 0.3) is 11.5 Å². The minimum atomic E-state index is 0.448. The summed E-state index contributed by atoms with van der Waals surface area (Å²) in [6, 6.07) is 6.55. The Morgan fingerprint density at radius 2 is 2.44 bits per heavy atom. The number of hydrogen-bond acceptors (Lipinski definition) is 6. The third-order valence-corrected chi connectivity index (χ3v) is 2.98. The van der Waals surface area contributed by atoms with Gasteiger partial charge in [-0.25, -0.2) is 0 Å². The van der Waals surface area contributed by atoms with E-state index in [-0.39, 0.29) is 0 Å². The number of hydrogen-bond donors (Lipinski definition) is 2. The van der Waals surface area contributed by atoms with Gasteiger partial charge in [0.15, 0.2) is 0 Å². The molecule has 1 fully saturated rings.